The predicted octanol–water partition coefficient (Wildman–Crippen LogP) is 4.08. The summed E-state index contributed by atoms with van der Waals surface area (Å²) in [5.74, 6) is 0.476. The Bertz CT molecular complexity index is 921. The van der Waals surface area contributed by atoms with Gasteiger partial charge in [0.2, 0.25) is 5.91 Å². The van der Waals surface area contributed by atoms with Crippen LogP contribution < -0.4 is 10.1 Å². The SMILES string of the molecule is O=C(Nc1cncc2ccccc12)[C@H]1COc2ccc(Cl)cc2C1. The number of fused-ring (bicyclic) bond motifs is 2. The molecule has 2 heterocycles. The molecule has 0 radical (unpaired) electrons. The molecule has 1 atom stereocenters. The summed E-state index contributed by atoms with van der Waals surface area (Å²) in [6.45, 7) is 0.360. The lowest BCUT2D eigenvalue weighted by atomic mass is 9.96. The maximum absolute atomic E-state index is 12.7. The average molecular weight is 339 g/mol. The smallest absolute Gasteiger partial charge is 0.231 e. The number of hydrogen-bond donors (Lipinski definition) is 1. The van der Waals surface area contributed by atoms with Crippen LogP contribution in [-0.4, -0.2) is 17.5 Å². The predicted molar refractivity (Wildman–Crippen MR) is 94.5 cm³/mol. The van der Waals surface area contributed by atoms with Crippen LogP contribution in [0.1, 0.15) is 5.56 Å². The second-order valence-corrected chi connectivity index (χ2v) is 6.30. The van der Waals surface area contributed by atoms with Crippen molar-refractivity contribution in [3.8, 4) is 5.75 Å². The Balaban J connectivity index is 1.56. The number of amides is 1. The van der Waals surface area contributed by atoms with E-state index in [0.717, 1.165) is 27.8 Å². The Hall–Kier alpha value is -2.59. The first-order valence-electron chi connectivity index (χ1n) is 7.75. The zero-order valence-corrected chi connectivity index (χ0v) is 13.6. The molecule has 5 heteroatoms. The number of nitrogens with one attached hydrogen (secondary N) is 1. The molecule has 120 valence electrons. The van der Waals surface area contributed by atoms with Crippen molar-refractivity contribution in [1.29, 1.82) is 0 Å². The molecule has 0 aliphatic carbocycles. The van der Waals surface area contributed by atoms with Gasteiger partial charge in [0.25, 0.3) is 0 Å². The van der Waals surface area contributed by atoms with E-state index >= 15 is 0 Å². The number of rotatable bonds is 2. The number of carbonyl (C=O) groups is 1. The fourth-order valence-corrected chi connectivity index (χ4v) is 3.18. The number of pyridine rings is 1. The first-order valence-corrected chi connectivity index (χ1v) is 8.13. The fraction of sp³-hybridized carbons (Fsp3) is 0.158. The van der Waals surface area contributed by atoms with Crippen LogP contribution >= 0.6 is 11.6 Å². The second kappa shape index (κ2) is 6.13. The summed E-state index contributed by atoms with van der Waals surface area (Å²) < 4.78 is 5.70. The summed E-state index contributed by atoms with van der Waals surface area (Å²) in [4.78, 5) is 16.8. The molecule has 4 rings (SSSR count). The normalized spacial score (nSPS) is 16.3. The Morgan fingerprint density at radius 2 is 2.08 bits per heavy atom. The Morgan fingerprint density at radius 1 is 1.21 bits per heavy atom. The van der Waals surface area contributed by atoms with Gasteiger partial charge in [0, 0.05) is 22.0 Å². The summed E-state index contributed by atoms with van der Waals surface area (Å²) in [6.07, 6.45) is 4.07. The molecule has 1 aliphatic rings. The lowest BCUT2D eigenvalue weighted by Crippen LogP contribution is -2.32. The van der Waals surface area contributed by atoms with Crippen molar-refractivity contribution < 1.29 is 9.53 Å². The van der Waals surface area contributed by atoms with Gasteiger partial charge in [0.05, 0.1) is 17.8 Å². The number of anilines is 1. The van der Waals surface area contributed by atoms with E-state index < -0.39 is 0 Å². The van der Waals surface area contributed by atoms with E-state index in [1.807, 2.05) is 36.4 Å². The van der Waals surface area contributed by atoms with E-state index in [1.54, 1.807) is 18.5 Å². The highest BCUT2D eigenvalue weighted by Gasteiger charge is 2.26. The molecule has 3 aromatic rings. The summed E-state index contributed by atoms with van der Waals surface area (Å²) in [7, 11) is 0. The van der Waals surface area contributed by atoms with Crippen LogP contribution in [0, 0.1) is 5.92 Å². The van der Waals surface area contributed by atoms with Crippen LogP contribution in [0.25, 0.3) is 10.8 Å². The molecular formula is C19H15ClN2O2. The van der Waals surface area contributed by atoms with Crippen LogP contribution in [0.5, 0.6) is 5.75 Å². The topological polar surface area (TPSA) is 51.2 Å². The van der Waals surface area contributed by atoms with Crippen LogP contribution in [-0.2, 0) is 11.2 Å². The number of hydrogen-bond acceptors (Lipinski definition) is 3. The Kier molecular flexibility index (Phi) is 3.82. The number of carbonyl (C=O) groups excluding carboxylic acids is 1. The molecule has 1 N–H and O–H groups in total. The maximum Gasteiger partial charge on any atom is 0.231 e. The highest BCUT2D eigenvalue weighted by molar-refractivity contribution is 6.30. The second-order valence-electron chi connectivity index (χ2n) is 5.86. The molecule has 0 spiro atoms. The largest absolute Gasteiger partial charge is 0.492 e. The van der Waals surface area contributed by atoms with Crippen LogP contribution in [0.4, 0.5) is 5.69 Å². The number of aromatic nitrogens is 1. The van der Waals surface area contributed by atoms with E-state index in [-0.39, 0.29) is 11.8 Å². The van der Waals surface area contributed by atoms with Gasteiger partial charge < -0.3 is 10.1 Å². The van der Waals surface area contributed by atoms with Gasteiger partial charge in [-0.2, -0.15) is 0 Å². The van der Waals surface area contributed by atoms with Crippen molar-refractivity contribution in [2.75, 3.05) is 11.9 Å². The van der Waals surface area contributed by atoms with Gasteiger partial charge in [-0.25, -0.2) is 0 Å². The zero-order chi connectivity index (χ0) is 16.5. The van der Waals surface area contributed by atoms with Crippen LogP contribution in [0.3, 0.4) is 0 Å². The minimum absolute atomic E-state index is 0.0706. The highest BCUT2D eigenvalue weighted by Crippen LogP contribution is 2.30. The van der Waals surface area contributed by atoms with E-state index in [0.29, 0.717) is 18.1 Å². The lowest BCUT2D eigenvalue weighted by Gasteiger charge is -2.25. The monoisotopic (exact) mass is 338 g/mol. The van der Waals surface area contributed by atoms with Crippen molar-refractivity contribution in [2.45, 2.75) is 6.42 Å². The van der Waals surface area contributed by atoms with Crippen molar-refractivity contribution in [2.24, 2.45) is 5.92 Å². The average Bonchev–Trinajstić information content (AvgIpc) is 2.61. The van der Waals surface area contributed by atoms with Crippen molar-refractivity contribution >= 4 is 34.0 Å². The molecule has 0 unspecified atom stereocenters. The molecule has 0 saturated heterocycles. The lowest BCUT2D eigenvalue weighted by molar-refractivity contribution is -0.121. The van der Waals surface area contributed by atoms with E-state index in [9.17, 15) is 4.79 Å². The van der Waals surface area contributed by atoms with Gasteiger partial charge in [-0.3, -0.25) is 9.78 Å². The molecule has 0 saturated carbocycles. The van der Waals surface area contributed by atoms with Gasteiger partial charge in [0.1, 0.15) is 12.4 Å². The number of nitrogens with zero attached hydrogens (tertiary/aromatic N) is 1. The van der Waals surface area contributed by atoms with Crippen molar-refractivity contribution in [3.63, 3.8) is 0 Å². The minimum Gasteiger partial charge on any atom is -0.492 e. The molecule has 0 bridgehead atoms. The van der Waals surface area contributed by atoms with E-state index in [2.05, 4.69) is 10.3 Å². The third-order valence-electron chi connectivity index (χ3n) is 4.23. The summed E-state index contributed by atoms with van der Waals surface area (Å²) in [5, 5.41) is 5.60. The van der Waals surface area contributed by atoms with Crippen LogP contribution in [0.15, 0.2) is 54.9 Å². The first kappa shape index (κ1) is 15.0. The molecule has 24 heavy (non-hydrogen) atoms. The van der Waals surface area contributed by atoms with E-state index in [4.69, 9.17) is 16.3 Å². The Labute approximate surface area is 144 Å². The molecule has 1 aliphatic heterocycles. The first-order chi connectivity index (χ1) is 11.7. The third-order valence-corrected chi connectivity index (χ3v) is 4.46. The fourth-order valence-electron chi connectivity index (χ4n) is 2.98. The van der Waals surface area contributed by atoms with Gasteiger partial charge in [-0.05, 0) is 30.2 Å². The summed E-state index contributed by atoms with van der Waals surface area (Å²) >= 11 is 6.03. The molecule has 4 nitrogen and oxygen atoms in total. The molecule has 2 aromatic carbocycles. The molecule has 0 fully saturated rings. The highest BCUT2D eigenvalue weighted by atomic mass is 35.5. The number of halogens is 1. The summed E-state index contributed by atoms with van der Waals surface area (Å²) in [5.41, 5.74) is 1.68. The van der Waals surface area contributed by atoms with Crippen LogP contribution in [0.2, 0.25) is 5.02 Å². The van der Waals surface area contributed by atoms with Gasteiger partial charge in [0.15, 0.2) is 0 Å². The van der Waals surface area contributed by atoms with Crippen molar-refractivity contribution in [3.05, 3.63) is 65.4 Å². The van der Waals surface area contributed by atoms with Gasteiger partial charge in [-0.1, -0.05) is 35.9 Å². The standard InChI is InChI=1S/C19H15ClN2O2/c20-15-5-6-18-13(8-15)7-14(11-24-18)19(23)22-17-10-21-9-12-3-1-2-4-16(12)17/h1-6,8-10,14H,7,11H2,(H,22,23)/t14-/m1/s1. The minimum atomic E-state index is -0.255. The van der Waals surface area contributed by atoms with Gasteiger partial charge >= 0.3 is 0 Å². The van der Waals surface area contributed by atoms with Gasteiger partial charge in [-0.15, -0.1) is 0 Å². The maximum atomic E-state index is 12.7. The summed E-state index contributed by atoms with van der Waals surface area (Å²) in [6, 6.07) is 13.3. The molecule has 1 amide bonds. The Morgan fingerprint density at radius 3 is 3.00 bits per heavy atom. The molecule has 1 aromatic heterocycles. The quantitative estimate of drug-likeness (QED) is 0.766. The molecular weight excluding hydrogens is 324 g/mol. The van der Waals surface area contributed by atoms with E-state index in [1.165, 1.54) is 0 Å². The number of benzene rings is 2. The zero-order valence-electron chi connectivity index (χ0n) is 12.8. The van der Waals surface area contributed by atoms with Crippen molar-refractivity contribution in [1.82, 2.24) is 4.98 Å². The third kappa shape index (κ3) is 2.81. The number of ether oxygens (including phenoxy) is 1.